The minimum atomic E-state index is -0.497. The fourth-order valence-electron chi connectivity index (χ4n) is 3.98. The lowest BCUT2D eigenvalue weighted by Crippen LogP contribution is -2.15. The molecule has 1 aliphatic rings. The number of ether oxygens (including phenoxy) is 1. The van der Waals surface area contributed by atoms with Crippen LogP contribution in [0, 0.1) is 11.7 Å². The zero-order chi connectivity index (χ0) is 23.7. The number of carbonyl (C=O) groups is 1. The summed E-state index contributed by atoms with van der Waals surface area (Å²) >= 11 is 9.81. The Kier molecular flexibility index (Phi) is 6.81. The summed E-state index contributed by atoms with van der Waals surface area (Å²) in [6.07, 6.45) is 9.37. The summed E-state index contributed by atoms with van der Waals surface area (Å²) in [4.78, 5) is 21.6. The number of imidazole rings is 2. The van der Waals surface area contributed by atoms with Gasteiger partial charge in [0.25, 0.3) is 0 Å². The Morgan fingerprint density at radius 1 is 1.24 bits per heavy atom. The second-order valence-corrected chi connectivity index (χ2v) is 9.94. The molecule has 0 spiro atoms. The van der Waals surface area contributed by atoms with Gasteiger partial charge in [-0.15, -0.1) is 0 Å². The van der Waals surface area contributed by atoms with Crippen LogP contribution in [0.2, 0.25) is 5.02 Å². The summed E-state index contributed by atoms with van der Waals surface area (Å²) in [5.41, 5.74) is 2.15. The molecule has 2 aromatic carbocycles. The normalized spacial score (nSPS) is 13.6. The van der Waals surface area contributed by atoms with Gasteiger partial charge in [0, 0.05) is 52.5 Å². The predicted octanol–water partition coefficient (Wildman–Crippen LogP) is 5.69. The molecule has 0 N–H and O–H groups in total. The smallest absolute Gasteiger partial charge is 0.188 e. The number of ketones is 1. The third kappa shape index (κ3) is 5.09. The Balaban J connectivity index is 1.50. The highest BCUT2D eigenvalue weighted by atomic mass is 79.9. The van der Waals surface area contributed by atoms with Gasteiger partial charge in [0.15, 0.2) is 11.6 Å². The molecule has 1 saturated carbocycles. The first-order valence-corrected chi connectivity index (χ1v) is 12.3. The number of halogens is 3. The van der Waals surface area contributed by atoms with Crippen LogP contribution < -0.4 is 0 Å². The van der Waals surface area contributed by atoms with Crippen molar-refractivity contribution in [2.45, 2.75) is 32.4 Å². The lowest BCUT2D eigenvalue weighted by molar-refractivity contribution is 0.0738. The standard InChI is InChI=1S/C25H23BrClFN4O2/c26-18-4-3-17(21(27)10-18)9-20-19(23(33)13-34-12-16-1-2-16)11-22-25(24(20)28)30-15-32(22)8-7-31-6-5-29-14-31/h3-6,10-11,14-16H,1-2,7-9,12-13H2. The molecule has 0 bridgehead atoms. The molecule has 4 aromatic rings. The Labute approximate surface area is 209 Å². The van der Waals surface area contributed by atoms with E-state index in [0.29, 0.717) is 41.7 Å². The highest BCUT2D eigenvalue weighted by Gasteiger charge is 2.25. The van der Waals surface area contributed by atoms with E-state index in [9.17, 15) is 4.79 Å². The molecule has 0 atom stereocenters. The molecule has 0 aliphatic heterocycles. The van der Waals surface area contributed by atoms with Crippen LogP contribution in [0.15, 0.2) is 53.8 Å². The number of rotatable bonds is 10. The van der Waals surface area contributed by atoms with Crippen LogP contribution in [0.4, 0.5) is 4.39 Å². The molecule has 6 nitrogen and oxygen atoms in total. The number of carbonyl (C=O) groups excluding carboxylic acids is 1. The van der Waals surface area contributed by atoms with E-state index < -0.39 is 5.82 Å². The molecular weight excluding hydrogens is 523 g/mol. The average molecular weight is 546 g/mol. The molecule has 0 amide bonds. The molecule has 5 rings (SSSR count). The topological polar surface area (TPSA) is 61.9 Å². The number of hydrogen-bond acceptors (Lipinski definition) is 4. The Morgan fingerprint density at radius 2 is 2.09 bits per heavy atom. The summed E-state index contributed by atoms with van der Waals surface area (Å²) in [5.74, 6) is -0.201. The summed E-state index contributed by atoms with van der Waals surface area (Å²) in [5, 5.41) is 0.503. The van der Waals surface area contributed by atoms with E-state index in [1.807, 2.05) is 27.5 Å². The molecule has 1 aliphatic carbocycles. The van der Waals surface area contributed by atoms with Gasteiger partial charge in [-0.3, -0.25) is 4.79 Å². The zero-order valence-electron chi connectivity index (χ0n) is 18.4. The molecule has 34 heavy (non-hydrogen) atoms. The molecule has 0 unspecified atom stereocenters. The SMILES string of the molecule is O=C(COCC1CC1)c1cc2c(ncn2CCn2ccnc2)c(F)c1Cc1ccc(Br)cc1Cl. The minimum Gasteiger partial charge on any atom is -0.373 e. The Morgan fingerprint density at radius 3 is 2.82 bits per heavy atom. The average Bonchev–Trinajstić information content (AvgIpc) is 3.31. The van der Waals surface area contributed by atoms with Crippen molar-refractivity contribution in [3.8, 4) is 0 Å². The first-order valence-electron chi connectivity index (χ1n) is 11.2. The molecule has 176 valence electrons. The van der Waals surface area contributed by atoms with Crippen LogP contribution in [-0.4, -0.2) is 38.1 Å². The maximum Gasteiger partial charge on any atom is 0.188 e. The van der Waals surface area contributed by atoms with Gasteiger partial charge in [-0.1, -0.05) is 33.6 Å². The highest BCUT2D eigenvalue weighted by Crippen LogP contribution is 2.31. The van der Waals surface area contributed by atoms with Gasteiger partial charge in [-0.2, -0.15) is 0 Å². The van der Waals surface area contributed by atoms with Crippen molar-refractivity contribution in [2.24, 2.45) is 5.92 Å². The van der Waals surface area contributed by atoms with Gasteiger partial charge >= 0.3 is 0 Å². The monoisotopic (exact) mass is 544 g/mol. The number of fused-ring (bicyclic) bond motifs is 1. The highest BCUT2D eigenvalue weighted by molar-refractivity contribution is 9.10. The zero-order valence-corrected chi connectivity index (χ0v) is 20.7. The van der Waals surface area contributed by atoms with E-state index in [2.05, 4.69) is 25.9 Å². The van der Waals surface area contributed by atoms with Crippen molar-refractivity contribution >= 4 is 44.3 Å². The van der Waals surface area contributed by atoms with E-state index in [1.54, 1.807) is 31.0 Å². The van der Waals surface area contributed by atoms with E-state index in [-0.39, 0.29) is 29.9 Å². The number of benzene rings is 2. The van der Waals surface area contributed by atoms with Crippen LogP contribution >= 0.6 is 27.5 Å². The second kappa shape index (κ2) is 9.98. The molecule has 0 radical (unpaired) electrons. The van der Waals surface area contributed by atoms with E-state index in [4.69, 9.17) is 16.3 Å². The predicted molar refractivity (Wildman–Crippen MR) is 132 cm³/mol. The van der Waals surface area contributed by atoms with Crippen molar-refractivity contribution < 1.29 is 13.9 Å². The van der Waals surface area contributed by atoms with Gasteiger partial charge < -0.3 is 13.9 Å². The quantitative estimate of drug-likeness (QED) is 0.240. The number of nitrogens with zero attached hydrogens (tertiary/aromatic N) is 4. The van der Waals surface area contributed by atoms with Gasteiger partial charge in [-0.05, 0) is 42.5 Å². The molecule has 2 aromatic heterocycles. The van der Waals surface area contributed by atoms with Crippen molar-refractivity contribution in [3.63, 3.8) is 0 Å². The van der Waals surface area contributed by atoms with E-state index in [1.165, 1.54) is 0 Å². The maximum absolute atomic E-state index is 15.8. The molecule has 0 saturated heterocycles. The van der Waals surface area contributed by atoms with Gasteiger partial charge in [-0.25, -0.2) is 14.4 Å². The third-order valence-electron chi connectivity index (χ3n) is 6.08. The lowest BCUT2D eigenvalue weighted by Gasteiger charge is -2.14. The molecule has 1 fully saturated rings. The maximum atomic E-state index is 15.8. The number of aromatic nitrogens is 4. The van der Waals surface area contributed by atoms with Gasteiger partial charge in [0.2, 0.25) is 0 Å². The third-order valence-corrected chi connectivity index (χ3v) is 6.93. The van der Waals surface area contributed by atoms with Gasteiger partial charge in [0.05, 0.1) is 24.8 Å². The number of aryl methyl sites for hydroxylation is 2. The Hall–Kier alpha value is -2.55. The van der Waals surface area contributed by atoms with Crippen molar-refractivity contribution in [3.05, 3.63) is 81.3 Å². The molecule has 2 heterocycles. The number of hydrogen-bond donors (Lipinski definition) is 0. The Bertz CT molecular complexity index is 1330. The lowest BCUT2D eigenvalue weighted by atomic mass is 9.95. The first kappa shape index (κ1) is 23.2. The van der Waals surface area contributed by atoms with E-state index in [0.717, 1.165) is 22.9 Å². The summed E-state index contributed by atoms with van der Waals surface area (Å²) < 4.78 is 26.1. The van der Waals surface area contributed by atoms with Crippen LogP contribution in [-0.2, 0) is 24.2 Å². The fraction of sp³-hybridized carbons (Fsp3) is 0.320. The van der Waals surface area contributed by atoms with Crippen LogP contribution in [0.5, 0.6) is 0 Å². The van der Waals surface area contributed by atoms with E-state index >= 15 is 4.39 Å². The van der Waals surface area contributed by atoms with Crippen molar-refractivity contribution in [1.82, 2.24) is 19.1 Å². The summed E-state index contributed by atoms with van der Waals surface area (Å²) in [6, 6.07) is 7.18. The van der Waals surface area contributed by atoms with Crippen molar-refractivity contribution in [2.75, 3.05) is 13.2 Å². The van der Waals surface area contributed by atoms with Crippen LogP contribution in [0.25, 0.3) is 11.0 Å². The largest absolute Gasteiger partial charge is 0.373 e. The minimum absolute atomic E-state index is 0.0777. The second-order valence-electron chi connectivity index (χ2n) is 8.62. The fourth-order valence-corrected chi connectivity index (χ4v) is 4.72. The molecule has 9 heteroatoms. The number of Topliss-reactive ketones (excluding diaryl/α,β-unsaturated/α-hetero) is 1. The first-order chi connectivity index (χ1) is 16.5. The van der Waals surface area contributed by atoms with Crippen LogP contribution in [0.3, 0.4) is 0 Å². The summed E-state index contributed by atoms with van der Waals surface area (Å²) in [6.45, 7) is 1.70. The molecular formula is C25H23BrClFN4O2. The summed E-state index contributed by atoms with van der Waals surface area (Å²) in [7, 11) is 0. The van der Waals surface area contributed by atoms with Crippen molar-refractivity contribution in [1.29, 1.82) is 0 Å². The van der Waals surface area contributed by atoms with Gasteiger partial charge in [0.1, 0.15) is 12.1 Å². The van der Waals surface area contributed by atoms with Crippen LogP contribution in [0.1, 0.15) is 34.3 Å².